The summed E-state index contributed by atoms with van der Waals surface area (Å²) in [6.45, 7) is 0. The summed E-state index contributed by atoms with van der Waals surface area (Å²) < 4.78 is 0. The van der Waals surface area contributed by atoms with Crippen molar-refractivity contribution in [1.29, 1.82) is 0 Å². The molecule has 1 N–H and O–H groups in total. The molecular weight excluding hydrogens is 234 g/mol. The minimum atomic E-state index is 0.207. The average molecular weight is 255 g/mol. The van der Waals surface area contributed by atoms with Gasteiger partial charge in [0.05, 0.1) is 6.04 Å². The van der Waals surface area contributed by atoms with E-state index in [1.54, 1.807) is 0 Å². The lowest BCUT2D eigenvalue weighted by atomic mass is 9.87. The molecule has 2 nitrogen and oxygen atoms in total. The van der Waals surface area contributed by atoms with Crippen molar-refractivity contribution in [3.8, 4) is 0 Å². The van der Waals surface area contributed by atoms with Crippen molar-refractivity contribution in [3.63, 3.8) is 0 Å². The Morgan fingerprint density at radius 1 is 1.26 bits per heavy atom. The number of rotatable bonds is 3. The van der Waals surface area contributed by atoms with Crippen LogP contribution in [0.3, 0.4) is 0 Å². The van der Waals surface area contributed by atoms with Gasteiger partial charge in [-0.15, -0.1) is 0 Å². The third kappa shape index (κ3) is 2.89. The van der Waals surface area contributed by atoms with Crippen LogP contribution in [-0.2, 0) is 11.2 Å². The van der Waals surface area contributed by atoms with Crippen LogP contribution in [0.5, 0.6) is 0 Å². The van der Waals surface area contributed by atoms with Gasteiger partial charge in [-0.3, -0.25) is 4.79 Å². The second-order valence-corrected chi connectivity index (χ2v) is 5.68. The molecule has 0 heterocycles. The fourth-order valence-electron chi connectivity index (χ4n) is 3.26. The summed E-state index contributed by atoms with van der Waals surface area (Å²) in [7, 11) is 0. The molecule has 2 atom stereocenters. The molecule has 100 valence electrons. The van der Waals surface area contributed by atoms with E-state index in [9.17, 15) is 4.79 Å². The molecule has 0 unspecified atom stereocenters. The van der Waals surface area contributed by atoms with Gasteiger partial charge >= 0.3 is 0 Å². The number of carbonyl (C=O) groups is 1. The number of amides is 1. The maximum Gasteiger partial charge on any atom is 0.221 e. The normalized spacial score (nSPS) is 25.1. The maximum atomic E-state index is 12.1. The molecule has 3 rings (SSSR count). The Morgan fingerprint density at radius 3 is 3.00 bits per heavy atom. The van der Waals surface area contributed by atoms with Crippen LogP contribution in [0.4, 0.5) is 0 Å². The van der Waals surface area contributed by atoms with Gasteiger partial charge in [0.25, 0.3) is 0 Å². The number of carbonyl (C=O) groups excluding carboxylic acids is 1. The Labute approximate surface area is 114 Å². The minimum Gasteiger partial charge on any atom is -0.349 e. The van der Waals surface area contributed by atoms with Crippen LogP contribution in [0, 0.1) is 5.92 Å². The Bertz CT molecular complexity index is 492. The lowest BCUT2D eigenvalue weighted by Crippen LogP contribution is -2.31. The number of nitrogens with one attached hydrogen (secondary N) is 1. The lowest BCUT2D eigenvalue weighted by molar-refractivity contribution is -0.122. The first-order chi connectivity index (χ1) is 9.33. The predicted molar refractivity (Wildman–Crippen MR) is 76.7 cm³/mol. The first-order valence-corrected chi connectivity index (χ1v) is 7.37. The quantitative estimate of drug-likeness (QED) is 0.822. The largest absolute Gasteiger partial charge is 0.349 e. The molecule has 0 radical (unpaired) electrons. The zero-order valence-electron chi connectivity index (χ0n) is 11.3. The van der Waals surface area contributed by atoms with Crippen LogP contribution in [0.15, 0.2) is 36.4 Å². The smallest absolute Gasteiger partial charge is 0.221 e. The summed E-state index contributed by atoms with van der Waals surface area (Å²) in [5.41, 5.74) is 2.73. The molecule has 0 aliphatic heterocycles. The maximum absolute atomic E-state index is 12.1. The Hall–Kier alpha value is -1.57. The number of allylic oxidation sites excluding steroid dienone is 2. The molecule has 2 aliphatic carbocycles. The van der Waals surface area contributed by atoms with Gasteiger partial charge in [-0.1, -0.05) is 36.4 Å². The summed E-state index contributed by atoms with van der Waals surface area (Å²) >= 11 is 0. The van der Waals surface area contributed by atoms with Crippen LogP contribution >= 0.6 is 0 Å². The van der Waals surface area contributed by atoms with Crippen molar-refractivity contribution in [2.45, 2.75) is 44.6 Å². The van der Waals surface area contributed by atoms with E-state index in [1.807, 2.05) is 0 Å². The van der Waals surface area contributed by atoms with Gasteiger partial charge in [-0.05, 0) is 49.1 Å². The number of aryl methyl sites for hydroxylation is 1. The summed E-state index contributed by atoms with van der Waals surface area (Å²) in [5.74, 6) is 0.664. The van der Waals surface area contributed by atoms with E-state index in [1.165, 1.54) is 17.5 Å². The molecule has 19 heavy (non-hydrogen) atoms. The van der Waals surface area contributed by atoms with Crippen molar-refractivity contribution < 1.29 is 4.79 Å². The van der Waals surface area contributed by atoms with E-state index in [2.05, 4.69) is 41.7 Å². The number of hydrogen-bond donors (Lipinski definition) is 1. The highest BCUT2D eigenvalue weighted by molar-refractivity contribution is 5.77. The molecule has 1 amide bonds. The fourth-order valence-corrected chi connectivity index (χ4v) is 3.26. The molecule has 0 bridgehead atoms. The van der Waals surface area contributed by atoms with Crippen molar-refractivity contribution in [1.82, 2.24) is 5.32 Å². The minimum absolute atomic E-state index is 0.207. The Morgan fingerprint density at radius 2 is 2.16 bits per heavy atom. The molecule has 2 aliphatic rings. The zero-order chi connectivity index (χ0) is 13.1. The molecule has 0 fully saturated rings. The number of fused-ring (bicyclic) bond motifs is 1. The van der Waals surface area contributed by atoms with Crippen molar-refractivity contribution in [3.05, 3.63) is 47.5 Å². The monoisotopic (exact) mass is 255 g/mol. The summed E-state index contributed by atoms with van der Waals surface area (Å²) in [5, 5.41) is 3.23. The van der Waals surface area contributed by atoms with Gasteiger partial charge in [0.1, 0.15) is 0 Å². The van der Waals surface area contributed by atoms with E-state index in [4.69, 9.17) is 0 Å². The van der Waals surface area contributed by atoms with Gasteiger partial charge in [0.2, 0.25) is 5.91 Å². The molecule has 0 saturated carbocycles. The van der Waals surface area contributed by atoms with E-state index in [0.717, 1.165) is 25.7 Å². The van der Waals surface area contributed by atoms with Gasteiger partial charge in [0.15, 0.2) is 0 Å². The average Bonchev–Trinajstić information content (AvgIpc) is 2.92. The molecule has 0 aromatic heterocycles. The summed E-state index contributed by atoms with van der Waals surface area (Å²) in [4.78, 5) is 12.1. The second kappa shape index (κ2) is 5.60. The van der Waals surface area contributed by atoms with Gasteiger partial charge in [-0.25, -0.2) is 0 Å². The number of benzene rings is 1. The molecular formula is C17H21NO. The van der Waals surface area contributed by atoms with Gasteiger partial charge < -0.3 is 5.32 Å². The Kier molecular flexibility index (Phi) is 3.67. The van der Waals surface area contributed by atoms with E-state index in [-0.39, 0.29) is 11.9 Å². The Balaban J connectivity index is 1.64. The van der Waals surface area contributed by atoms with Crippen LogP contribution in [-0.4, -0.2) is 5.91 Å². The fraction of sp³-hybridized carbons (Fsp3) is 0.471. The highest BCUT2D eigenvalue weighted by Crippen LogP contribution is 2.30. The molecule has 0 spiro atoms. The van der Waals surface area contributed by atoms with E-state index < -0.39 is 0 Å². The lowest BCUT2D eigenvalue weighted by Gasteiger charge is -2.26. The summed E-state index contributed by atoms with van der Waals surface area (Å²) in [6.07, 6.45) is 10.7. The van der Waals surface area contributed by atoms with Crippen molar-refractivity contribution in [2.75, 3.05) is 0 Å². The van der Waals surface area contributed by atoms with Gasteiger partial charge in [0, 0.05) is 6.42 Å². The third-order valence-corrected chi connectivity index (χ3v) is 4.26. The van der Waals surface area contributed by atoms with Gasteiger partial charge in [-0.2, -0.15) is 0 Å². The predicted octanol–water partition coefficient (Wildman–Crippen LogP) is 3.54. The van der Waals surface area contributed by atoms with Crippen LogP contribution < -0.4 is 5.32 Å². The molecule has 2 heteroatoms. The van der Waals surface area contributed by atoms with Crippen molar-refractivity contribution in [2.24, 2.45) is 5.92 Å². The topological polar surface area (TPSA) is 29.1 Å². The number of hydrogen-bond acceptors (Lipinski definition) is 1. The first kappa shape index (κ1) is 12.5. The SMILES string of the molecule is O=C(C[C@@H]1C=CCC1)N[C@@H]1CCCc2ccccc21. The highest BCUT2D eigenvalue weighted by atomic mass is 16.1. The van der Waals surface area contributed by atoms with Crippen LogP contribution in [0.2, 0.25) is 0 Å². The molecule has 0 saturated heterocycles. The zero-order valence-corrected chi connectivity index (χ0v) is 11.3. The van der Waals surface area contributed by atoms with Crippen LogP contribution in [0.1, 0.15) is 49.3 Å². The summed E-state index contributed by atoms with van der Waals surface area (Å²) in [6, 6.07) is 8.74. The third-order valence-electron chi connectivity index (χ3n) is 4.26. The molecule has 1 aromatic carbocycles. The standard InChI is InChI=1S/C17H21NO/c19-17(12-13-6-1-2-7-13)18-16-11-5-9-14-8-3-4-10-15(14)16/h1,3-4,6,8,10,13,16H,2,5,7,9,11-12H2,(H,18,19)/t13-,16-/m1/s1. The van der Waals surface area contributed by atoms with Crippen LogP contribution in [0.25, 0.3) is 0 Å². The molecule has 1 aromatic rings. The van der Waals surface area contributed by atoms with Crippen molar-refractivity contribution >= 4 is 5.91 Å². The highest BCUT2D eigenvalue weighted by Gasteiger charge is 2.22. The van der Waals surface area contributed by atoms with E-state index in [0.29, 0.717) is 12.3 Å². The van der Waals surface area contributed by atoms with E-state index >= 15 is 0 Å². The second-order valence-electron chi connectivity index (χ2n) is 5.68. The first-order valence-electron chi connectivity index (χ1n) is 7.37.